The van der Waals surface area contributed by atoms with E-state index < -0.39 is 0 Å². The number of benzene rings is 1. The van der Waals surface area contributed by atoms with Crippen LogP contribution in [0.2, 0.25) is 4.34 Å². The molecule has 1 aliphatic carbocycles. The van der Waals surface area contributed by atoms with Gasteiger partial charge in [-0.05, 0) is 61.1 Å². The molecule has 0 amide bonds. The highest BCUT2D eigenvalue weighted by Crippen LogP contribution is 2.40. The van der Waals surface area contributed by atoms with E-state index >= 15 is 0 Å². The third-order valence-electron chi connectivity index (χ3n) is 3.86. The molecule has 0 fully saturated rings. The molecule has 1 unspecified atom stereocenters. The Morgan fingerprint density at radius 2 is 2.25 bits per heavy atom. The van der Waals surface area contributed by atoms with Crippen LogP contribution in [-0.4, -0.2) is 0 Å². The van der Waals surface area contributed by atoms with Gasteiger partial charge in [-0.3, -0.25) is 0 Å². The normalized spacial score (nSPS) is 17.9. The highest BCUT2D eigenvalue weighted by atomic mass is 79.9. The summed E-state index contributed by atoms with van der Waals surface area (Å²) in [5.41, 5.74) is 4.00. The second kappa shape index (κ2) is 6.08. The van der Waals surface area contributed by atoms with Crippen LogP contribution in [0.5, 0.6) is 0 Å². The van der Waals surface area contributed by atoms with E-state index in [4.69, 9.17) is 11.6 Å². The van der Waals surface area contributed by atoms with E-state index in [0.717, 1.165) is 15.2 Å². The molecule has 0 saturated heterocycles. The topological polar surface area (TPSA) is 12.0 Å². The van der Waals surface area contributed by atoms with E-state index in [9.17, 15) is 0 Å². The molecule has 1 N–H and O–H groups in total. The first-order valence-corrected chi connectivity index (χ1v) is 8.99. The summed E-state index contributed by atoms with van der Waals surface area (Å²) in [6, 6.07) is 9.01. The minimum atomic E-state index is 0.397. The van der Waals surface area contributed by atoms with Gasteiger partial charge in [-0.15, -0.1) is 11.3 Å². The van der Waals surface area contributed by atoms with E-state index in [0.29, 0.717) is 6.04 Å². The van der Waals surface area contributed by atoms with Gasteiger partial charge in [-0.2, -0.15) is 0 Å². The van der Waals surface area contributed by atoms with E-state index in [1.165, 1.54) is 41.0 Å². The molecule has 1 aliphatic rings. The van der Waals surface area contributed by atoms with Crippen LogP contribution in [0.25, 0.3) is 0 Å². The molecule has 0 spiro atoms. The summed E-state index contributed by atoms with van der Waals surface area (Å²) in [5, 5.41) is 3.72. The lowest BCUT2D eigenvalue weighted by Gasteiger charge is -2.26. The maximum Gasteiger partial charge on any atom is 0.0934 e. The lowest BCUT2D eigenvalue weighted by molar-refractivity contribution is 0.608. The molecule has 0 radical (unpaired) electrons. The molecule has 1 aromatic carbocycles. The van der Waals surface area contributed by atoms with Crippen LogP contribution in [0, 0.1) is 0 Å². The molecule has 20 heavy (non-hydrogen) atoms. The molecule has 2 aromatic rings. The Hall–Kier alpha value is -0.510. The van der Waals surface area contributed by atoms with Crippen molar-refractivity contribution in [1.82, 2.24) is 0 Å². The van der Waals surface area contributed by atoms with Gasteiger partial charge in [0.25, 0.3) is 0 Å². The fraction of sp³-hybridized carbons (Fsp3) is 0.375. The number of hydrogen-bond acceptors (Lipinski definition) is 2. The molecular weight excluding hydrogens is 354 g/mol. The van der Waals surface area contributed by atoms with Crippen molar-refractivity contribution >= 4 is 44.6 Å². The number of aryl methyl sites for hydroxylation is 2. The second-order valence-corrected chi connectivity index (χ2v) is 7.86. The second-order valence-electron chi connectivity index (χ2n) is 5.17. The highest BCUT2D eigenvalue weighted by molar-refractivity contribution is 9.10. The maximum atomic E-state index is 6.18. The van der Waals surface area contributed by atoms with Crippen molar-refractivity contribution < 1.29 is 0 Å². The van der Waals surface area contributed by atoms with Crippen molar-refractivity contribution in [2.24, 2.45) is 0 Å². The number of nitrogens with one attached hydrogen (secondary N) is 1. The van der Waals surface area contributed by atoms with Gasteiger partial charge in [0.2, 0.25) is 0 Å². The average Bonchev–Trinajstić information content (AvgIpc) is 2.82. The monoisotopic (exact) mass is 369 g/mol. The Kier molecular flexibility index (Phi) is 4.39. The van der Waals surface area contributed by atoms with Crippen LogP contribution in [0.1, 0.15) is 41.8 Å². The largest absolute Gasteiger partial charge is 0.378 e. The van der Waals surface area contributed by atoms with Crippen molar-refractivity contribution in [2.75, 3.05) is 5.32 Å². The zero-order chi connectivity index (χ0) is 14.1. The lowest BCUT2D eigenvalue weighted by Crippen LogP contribution is -2.16. The van der Waals surface area contributed by atoms with Crippen LogP contribution >= 0.6 is 38.9 Å². The minimum Gasteiger partial charge on any atom is -0.378 e. The number of halogens is 2. The molecule has 3 rings (SSSR count). The average molecular weight is 371 g/mol. The molecule has 0 saturated carbocycles. The Balaban J connectivity index is 1.89. The van der Waals surface area contributed by atoms with E-state index in [2.05, 4.69) is 52.4 Å². The minimum absolute atomic E-state index is 0.397. The Morgan fingerprint density at radius 1 is 1.40 bits per heavy atom. The van der Waals surface area contributed by atoms with Gasteiger partial charge in [0.15, 0.2) is 0 Å². The fourth-order valence-corrected chi connectivity index (χ4v) is 4.65. The molecular formula is C16H17BrClNS. The maximum absolute atomic E-state index is 6.18. The molecule has 1 nitrogen and oxygen atoms in total. The van der Waals surface area contributed by atoms with Crippen molar-refractivity contribution in [3.63, 3.8) is 0 Å². The summed E-state index contributed by atoms with van der Waals surface area (Å²) in [7, 11) is 0. The molecule has 0 aliphatic heterocycles. The van der Waals surface area contributed by atoms with Crippen LogP contribution < -0.4 is 5.32 Å². The smallest absolute Gasteiger partial charge is 0.0934 e. The molecule has 1 heterocycles. The van der Waals surface area contributed by atoms with E-state index in [1.807, 2.05) is 0 Å². The van der Waals surface area contributed by atoms with Crippen LogP contribution in [0.15, 0.2) is 28.7 Å². The van der Waals surface area contributed by atoms with E-state index in [1.54, 1.807) is 11.3 Å². The SMILES string of the molecule is CCc1cc(Br)ccc1NC1CCCc2sc(Cl)cc21. The third kappa shape index (κ3) is 2.90. The number of thiophene rings is 1. The predicted octanol–water partition coefficient (Wildman–Crippen LogP) is 6.22. The van der Waals surface area contributed by atoms with Gasteiger partial charge in [0, 0.05) is 15.0 Å². The first-order chi connectivity index (χ1) is 9.67. The van der Waals surface area contributed by atoms with Crippen LogP contribution in [0.4, 0.5) is 5.69 Å². The van der Waals surface area contributed by atoms with Gasteiger partial charge in [0.1, 0.15) is 0 Å². The fourth-order valence-electron chi connectivity index (χ4n) is 2.85. The molecule has 1 aromatic heterocycles. The molecule has 106 valence electrons. The zero-order valence-corrected chi connectivity index (χ0v) is 14.5. The lowest BCUT2D eigenvalue weighted by atomic mass is 9.93. The first kappa shape index (κ1) is 14.4. The van der Waals surface area contributed by atoms with Gasteiger partial charge < -0.3 is 5.32 Å². The van der Waals surface area contributed by atoms with Crippen molar-refractivity contribution in [1.29, 1.82) is 0 Å². The summed E-state index contributed by atoms with van der Waals surface area (Å²) >= 11 is 11.5. The third-order valence-corrected chi connectivity index (χ3v) is 5.69. The van der Waals surface area contributed by atoms with Gasteiger partial charge >= 0.3 is 0 Å². The van der Waals surface area contributed by atoms with Gasteiger partial charge in [0.05, 0.1) is 10.4 Å². The van der Waals surface area contributed by atoms with Crippen molar-refractivity contribution in [2.45, 2.75) is 38.6 Å². The molecule has 4 heteroatoms. The van der Waals surface area contributed by atoms with E-state index in [-0.39, 0.29) is 0 Å². The summed E-state index contributed by atoms with van der Waals surface area (Å²) in [5.74, 6) is 0. The van der Waals surface area contributed by atoms with Gasteiger partial charge in [-0.25, -0.2) is 0 Å². The number of rotatable bonds is 3. The van der Waals surface area contributed by atoms with Crippen molar-refractivity contribution in [3.8, 4) is 0 Å². The predicted molar refractivity (Wildman–Crippen MR) is 92.2 cm³/mol. The summed E-state index contributed by atoms with van der Waals surface area (Å²) in [6.07, 6.45) is 4.62. The molecule has 1 atom stereocenters. The Bertz CT molecular complexity index is 623. The standard InChI is InChI=1S/C16H17BrClNS/c1-2-10-8-11(17)6-7-13(10)19-14-4-3-5-15-12(14)9-16(18)20-15/h6-9,14,19H,2-5H2,1H3. The molecule has 0 bridgehead atoms. The summed E-state index contributed by atoms with van der Waals surface area (Å²) in [6.45, 7) is 2.20. The first-order valence-electron chi connectivity index (χ1n) is 7.00. The number of hydrogen-bond donors (Lipinski definition) is 1. The van der Waals surface area contributed by atoms with Crippen LogP contribution in [-0.2, 0) is 12.8 Å². The zero-order valence-electron chi connectivity index (χ0n) is 11.4. The quantitative estimate of drug-likeness (QED) is 0.676. The van der Waals surface area contributed by atoms with Crippen LogP contribution in [0.3, 0.4) is 0 Å². The van der Waals surface area contributed by atoms with Crippen molar-refractivity contribution in [3.05, 3.63) is 49.1 Å². The number of fused-ring (bicyclic) bond motifs is 1. The summed E-state index contributed by atoms with van der Waals surface area (Å²) in [4.78, 5) is 1.45. The highest BCUT2D eigenvalue weighted by Gasteiger charge is 2.23. The Morgan fingerprint density at radius 3 is 3.05 bits per heavy atom. The Labute approximate surface area is 137 Å². The summed E-state index contributed by atoms with van der Waals surface area (Å²) < 4.78 is 2.05. The number of anilines is 1. The van der Waals surface area contributed by atoms with Gasteiger partial charge in [-0.1, -0.05) is 34.5 Å².